The SMILES string of the molecule is CCC(C(=O)Nc1cc(CN2CCCC2C(F)(F)F)cc(C(F)(F)F)c1)C(C)C(=O)N(C)c1c(C)cccc1C. The van der Waals surface area contributed by atoms with Crippen molar-refractivity contribution < 1.29 is 35.9 Å². The summed E-state index contributed by atoms with van der Waals surface area (Å²) in [6.45, 7) is 6.80. The molecule has 2 aromatic carbocycles. The number of carbonyl (C=O) groups is 2. The number of carbonyl (C=O) groups excluding carboxylic acids is 2. The number of anilines is 2. The van der Waals surface area contributed by atoms with Crippen molar-refractivity contribution in [3.63, 3.8) is 0 Å². The first-order valence-corrected chi connectivity index (χ1v) is 13.2. The molecule has 0 aromatic heterocycles. The molecule has 11 heteroatoms. The molecule has 5 nitrogen and oxygen atoms in total. The number of para-hydroxylation sites is 1. The minimum Gasteiger partial charge on any atom is -0.326 e. The fraction of sp³-hybridized carbons (Fsp3) is 0.517. The van der Waals surface area contributed by atoms with Crippen LogP contribution >= 0.6 is 0 Å². The summed E-state index contributed by atoms with van der Waals surface area (Å²) in [5.41, 5.74) is 1.23. The van der Waals surface area contributed by atoms with Gasteiger partial charge in [0.15, 0.2) is 0 Å². The Balaban J connectivity index is 1.84. The Morgan fingerprint density at radius 3 is 2.25 bits per heavy atom. The smallest absolute Gasteiger partial charge is 0.326 e. The Hall–Kier alpha value is -3.08. The standard InChI is InChI=1S/C29H35F6N3O2/c1-6-23(19(4)27(40)37(5)25-17(2)9-7-10-18(25)3)26(39)36-22-14-20(13-21(15-22)28(30,31)32)16-38-12-8-11-24(38)29(33,34)35/h7,9-10,13-15,19,23-24H,6,8,11-12,16H2,1-5H3,(H,36,39). The maximum atomic E-state index is 13.7. The molecule has 3 rings (SSSR count). The third-order valence-corrected chi connectivity index (χ3v) is 7.59. The molecular weight excluding hydrogens is 536 g/mol. The van der Waals surface area contributed by atoms with Crippen LogP contribution in [-0.2, 0) is 22.3 Å². The van der Waals surface area contributed by atoms with E-state index in [0.717, 1.165) is 33.8 Å². The summed E-state index contributed by atoms with van der Waals surface area (Å²) in [4.78, 5) is 29.2. The van der Waals surface area contributed by atoms with Crippen LogP contribution in [0.15, 0.2) is 36.4 Å². The molecule has 40 heavy (non-hydrogen) atoms. The highest BCUT2D eigenvalue weighted by Crippen LogP contribution is 2.36. The first-order valence-electron chi connectivity index (χ1n) is 13.2. The van der Waals surface area contributed by atoms with Crippen molar-refractivity contribution in [1.82, 2.24) is 4.90 Å². The molecule has 1 N–H and O–H groups in total. The van der Waals surface area contributed by atoms with E-state index in [4.69, 9.17) is 0 Å². The van der Waals surface area contributed by atoms with E-state index >= 15 is 0 Å². The van der Waals surface area contributed by atoms with E-state index in [1.54, 1.807) is 20.9 Å². The quantitative estimate of drug-likeness (QED) is 0.344. The molecule has 0 spiro atoms. The van der Waals surface area contributed by atoms with Gasteiger partial charge in [0, 0.05) is 36.8 Å². The van der Waals surface area contributed by atoms with Gasteiger partial charge < -0.3 is 10.2 Å². The van der Waals surface area contributed by atoms with Gasteiger partial charge in [-0.15, -0.1) is 0 Å². The molecule has 0 aliphatic carbocycles. The lowest BCUT2D eigenvalue weighted by molar-refractivity contribution is -0.177. The Morgan fingerprint density at radius 1 is 1.07 bits per heavy atom. The van der Waals surface area contributed by atoms with Gasteiger partial charge in [-0.05, 0) is 74.5 Å². The van der Waals surface area contributed by atoms with E-state index < -0.39 is 41.7 Å². The van der Waals surface area contributed by atoms with E-state index in [-0.39, 0.29) is 49.5 Å². The molecule has 1 aliphatic rings. The zero-order valence-electron chi connectivity index (χ0n) is 23.2. The number of nitrogens with one attached hydrogen (secondary N) is 1. The fourth-order valence-electron chi connectivity index (χ4n) is 5.56. The Morgan fingerprint density at radius 2 is 1.70 bits per heavy atom. The molecule has 3 atom stereocenters. The highest BCUT2D eigenvalue weighted by Gasteiger charge is 2.46. The van der Waals surface area contributed by atoms with Gasteiger partial charge in [-0.2, -0.15) is 26.3 Å². The average Bonchev–Trinajstić information content (AvgIpc) is 3.31. The van der Waals surface area contributed by atoms with Crippen LogP contribution in [0.5, 0.6) is 0 Å². The first-order chi connectivity index (χ1) is 18.5. The van der Waals surface area contributed by atoms with Crippen LogP contribution in [0.3, 0.4) is 0 Å². The van der Waals surface area contributed by atoms with Gasteiger partial charge in [0.25, 0.3) is 0 Å². The number of halogens is 6. The number of nitrogens with zero attached hydrogens (tertiary/aromatic N) is 2. The highest BCUT2D eigenvalue weighted by atomic mass is 19.4. The molecular formula is C29H35F6N3O2. The number of alkyl halides is 6. The van der Waals surface area contributed by atoms with Gasteiger partial charge in [0.1, 0.15) is 6.04 Å². The monoisotopic (exact) mass is 571 g/mol. The highest BCUT2D eigenvalue weighted by molar-refractivity contribution is 6.01. The summed E-state index contributed by atoms with van der Waals surface area (Å²) in [5.74, 6) is -2.61. The molecule has 2 amide bonds. The summed E-state index contributed by atoms with van der Waals surface area (Å²) >= 11 is 0. The fourth-order valence-corrected chi connectivity index (χ4v) is 5.56. The molecule has 0 saturated carbocycles. The van der Waals surface area contributed by atoms with E-state index in [1.165, 1.54) is 11.0 Å². The Labute approximate surface area is 230 Å². The van der Waals surface area contributed by atoms with Crippen LogP contribution in [0.25, 0.3) is 0 Å². The molecule has 2 aromatic rings. The number of hydrogen-bond donors (Lipinski definition) is 1. The minimum atomic E-state index is -4.77. The number of aryl methyl sites for hydroxylation is 2. The van der Waals surface area contributed by atoms with Crippen molar-refractivity contribution in [3.05, 3.63) is 58.7 Å². The third-order valence-electron chi connectivity index (χ3n) is 7.59. The van der Waals surface area contributed by atoms with Crippen molar-refractivity contribution >= 4 is 23.2 Å². The lowest BCUT2D eigenvalue weighted by atomic mass is 9.89. The van der Waals surface area contributed by atoms with Gasteiger partial charge in [0.2, 0.25) is 11.8 Å². The molecule has 1 heterocycles. The van der Waals surface area contributed by atoms with Gasteiger partial charge in [-0.1, -0.05) is 32.0 Å². The topological polar surface area (TPSA) is 52.7 Å². The average molecular weight is 572 g/mol. The third kappa shape index (κ3) is 7.16. The summed E-state index contributed by atoms with van der Waals surface area (Å²) in [6.07, 6.45) is -8.85. The molecule has 3 unspecified atom stereocenters. The summed E-state index contributed by atoms with van der Waals surface area (Å²) in [7, 11) is 1.62. The Kier molecular flexibility index (Phi) is 9.59. The van der Waals surface area contributed by atoms with Crippen LogP contribution in [0, 0.1) is 25.7 Å². The molecule has 0 radical (unpaired) electrons. The van der Waals surface area contributed by atoms with Crippen molar-refractivity contribution in [1.29, 1.82) is 0 Å². The van der Waals surface area contributed by atoms with Crippen LogP contribution in [0.1, 0.15) is 55.4 Å². The van der Waals surface area contributed by atoms with E-state index in [0.29, 0.717) is 0 Å². The molecule has 0 bridgehead atoms. The normalized spacial score (nSPS) is 17.9. The van der Waals surface area contributed by atoms with Crippen molar-refractivity contribution in [2.75, 3.05) is 23.8 Å². The van der Waals surface area contributed by atoms with Gasteiger partial charge in [0.05, 0.1) is 5.56 Å². The first kappa shape index (κ1) is 31.4. The molecule has 1 saturated heterocycles. The van der Waals surface area contributed by atoms with Crippen molar-refractivity contribution in [2.45, 2.75) is 71.9 Å². The number of amides is 2. The number of benzene rings is 2. The molecule has 1 aliphatic heterocycles. The predicted octanol–water partition coefficient (Wildman–Crippen LogP) is 7.11. The summed E-state index contributed by atoms with van der Waals surface area (Å²) in [5, 5.41) is 2.50. The lowest BCUT2D eigenvalue weighted by Crippen LogP contribution is -2.40. The van der Waals surface area contributed by atoms with Gasteiger partial charge in [-0.3, -0.25) is 14.5 Å². The van der Waals surface area contributed by atoms with Crippen molar-refractivity contribution in [3.8, 4) is 0 Å². The summed E-state index contributed by atoms with van der Waals surface area (Å²) < 4.78 is 81.3. The zero-order chi connectivity index (χ0) is 30.0. The second-order valence-corrected chi connectivity index (χ2v) is 10.5. The van der Waals surface area contributed by atoms with Gasteiger partial charge >= 0.3 is 12.4 Å². The molecule has 220 valence electrons. The lowest BCUT2D eigenvalue weighted by Gasteiger charge is -2.29. The number of likely N-dealkylation sites (tertiary alicyclic amines) is 1. The van der Waals surface area contributed by atoms with E-state index in [1.807, 2.05) is 32.0 Å². The number of rotatable bonds is 8. The Bertz CT molecular complexity index is 1210. The summed E-state index contributed by atoms with van der Waals surface area (Å²) in [6, 6.07) is 6.70. The van der Waals surface area contributed by atoms with E-state index in [2.05, 4.69) is 5.32 Å². The van der Waals surface area contributed by atoms with Crippen LogP contribution in [-0.4, -0.2) is 42.5 Å². The number of hydrogen-bond acceptors (Lipinski definition) is 3. The van der Waals surface area contributed by atoms with Crippen LogP contribution < -0.4 is 10.2 Å². The van der Waals surface area contributed by atoms with Crippen LogP contribution in [0.4, 0.5) is 37.7 Å². The second-order valence-electron chi connectivity index (χ2n) is 10.5. The van der Waals surface area contributed by atoms with Gasteiger partial charge in [-0.25, -0.2) is 0 Å². The predicted molar refractivity (Wildman–Crippen MR) is 142 cm³/mol. The molecule has 1 fully saturated rings. The minimum absolute atomic E-state index is 0.00760. The largest absolute Gasteiger partial charge is 0.416 e. The second kappa shape index (κ2) is 12.2. The van der Waals surface area contributed by atoms with Crippen molar-refractivity contribution in [2.24, 2.45) is 11.8 Å². The van der Waals surface area contributed by atoms with Crippen LogP contribution in [0.2, 0.25) is 0 Å². The maximum Gasteiger partial charge on any atom is 0.416 e. The van der Waals surface area contributed by atoms with E-state index in [9.17, 15) is 35.9 Å². The maximum absolute atomic E-state index is 13.7. The zero-order valence-corrected chi connectivity index (χ0v) is 23.2.